The number of anilines is 2. The second-order valence-corrected chi connectivity index (χ2v) is 9.18. The zero-order valence-corrected chi connectivity index (χ0v) is 15.9. The van der Waals surface area contributed by atoms with Crippen LogP contribution in [-0.2, 0) is 5.54 Å². The highest BCUT2D eigenvalue weighted by Crippen LogP contribution is 2.58. The molecule has 0 amide bonds. The molecule has 1 heterocycles. The summed E-state index contributed by atoms with van der Waals surface area (Å²) in [5.74, 6) is 2.25. The molecule has 4 aliphatic carbocycles. The molecule has 4 saturated carbocycles. The Labute approximate surface area is 162 Å². The summed E-state index contributed by atoms with van der Waals surface area (Å²) in [5.41, 5.74) is 1.08. The molecule has 0 saturated heterocycles. The number of nitrogens with one attached hydrogen (secondary N) is 1. The Morgan fingerprint density at radius 2 is 1.58 bits per heavy atom. The molecule has 4 bridgehead atoms. The summed E-state index contributed by atoms with van der Waals surface area (Å²) in [5, 5.41) is 8.63. The number of halogens is 2. The first-order chi connectivity index (χ1) is 12.5. The van der Waals surface area contributed by atoms with Crippen molar-refractivity contribution >= 4 is 34.6 Å². The second kappa shape index (κ2) is 6.00. The minimum Gasteiger partial charge on any atom is -0.353 e. The van der Waals surface area contributed by atoms with Crippen LogP contribution in [0.15, 0.2) is 35.3 Å². The summed E-state index contributed by atoms with van der Waals surface area (Å²) in [6, 6.07) is 7.29. The SMILES string of the molecule is O=c1c(Cl)c(Nc2ccc(Cl)cc2)cnn1C12CC3CC(CC(C3)C1)C2. The molecule has 6 heteroatoms. The molecule has 6 rings (SSSR count). The number of hydrogen-bond donors (Lipinski definition) is 1. The molecule has 1 aromatic heterocycles. The molecule has 1 N–H and O–H groups in total. The van der Waals surface area contributed by atoms with E-state index in [0.29, 0.717) is 10.7 Å². The smallest absolute Gasteiger partial charge is 0.288 e. The average molecular weight is 390 g/mol. The van der Waals surface area contributed by atoms with Gasteiger partial charge in [0.15, 0.2) is 0 Å². The van der Waals surface area contributed by atoms with Crippen molar-refractivity contribution in [1.29, 1.82) is 0 Å². The minimum atomic E-state index is -0.174. The lowest BCUT2D eigenvalue weighted by Gasteiger charge is -2.56. The fourth-order valence-electron chi connectivity index (χ4n) is 5.87. The van der Waals surface area contributed by atoms with E-state index in [2.05, 4.69) is 10.4 Å². The topological polar surface area (TPSA) is 46.9 Å². The van der Waals surface area contributed by atoms with Crippen molar-refractivity contribution in [3.05, 3.63) is 50.9 Å². The Kier molecular flexibility index (Phi) is 3.84. The van der Waals surface area contributed by atoms with Crippen LogP contribution in [-0.4, -0.2) is 9.78 Å². The van der Waals surface area contributed by atoms with E-state index in [1.807, 2.05) is 12.1 Å². The van der Waals surface area contributed by atoms with Crippen LogP contribution in [0.2, 0.25) is 10.0 Å². The molecule has 0 spiro atoms. The van der Waals surface area contributed by atoms with Gasteiger partial charge in [-0.2, -0.15) is 5.10 Å². The van der Waals surface area contributed by atoms with E-state index in [1.165, 1.54) is 19.3 Å². The first-order valence-electron chi connectivity index (χ1n) is 9.33. The van der Waals surface area contributed by atoms with Gasteiger partial charge in [-0.3, -0.25) is 4.79 Å². The lowest BCUT2D eigenvalue weighted by molar-refractivity contribution is -0.0518. The van der Waals surface area contributed by atoms with Crippen LogP contribution in [0.1, 0.15) is 38.5 Å². The van der Waals surface area contributed by atoms with Crippen LogP contribution in [0.3, 0.4) is 0 Å². The van der Waals surface area contributed by atoms with Gasteiger partial charge in [0.2, 0.25) is 0 Å². The van der Waals surface area contributed by atoms with E-state index >= 15 is 0 Å². The van der Waals surface area contributed by atoms with Gasteiger partial charge in [0.1, 0.15) is 5.02 Å². The molecule has 0 aliphatic heterocycles. The van der Waals surface area contributed by atoms with Crippen LogP contribution >= 0.6 is 23.2 Å². The summed E-state index contributed by atoms with van der Waals surface area (Å²) >= 11 is 12.4. The highest BCUT2D eigenvalue weighted by molar-refractivity contribution is 6.33. The first kappa shape index (κ1) is 16.6. The molecule has 26 heavy (non-hydrogen) atoms. The van der Waals surface area contributed by atoms with Gasteiger partial charge in [-0.1, -0.05) is 23.2 Å². The third-order valence-electron chi connectivity index (χ3n) is 6.50. The van der Waals surface area contributed by atoms with Crippen molar-refractivity contribution < 1.29 is 0 Å². The fourth-order valence-corrected chi connectivity index (χ4v) is 6.17. The van der Waals surface area contributed by atoms with Gasteiger partial charge in [-0.15, -0.1) is 0 Å². The van der Waals surface area contributed by atoms with E-state index in [-0.39, 0.29) is 16.1 Å². The monoisotopic (exact) mass is 389 g/mol. The lowest BCUT2D eigenvalue weighted by atomic mass is 9.53. The van der Waals surface area contributed by atoms with Crippen molar-refractivity contribution in [1.82, 2.24) is 9.78 Å². The third-order valence-corrected chi connectivity index (χ3v) is 7.11. The third kappa shape index (κ3) is 2.66. The Balaban J connectivity index is 1.49. The number of nitrogens with zero attached hydrogens (tertiary/aromatic N) is 2. The maximum atomic E-state index is 13.1. The molecule has 2 aromatic rings. The highest BCUT2D eigenvalue weighted by Gasteiger charge is 2.53. The van der Waals surface area contributed by atoms with Gasteiger partial charge >= 0.3 is 0 Å². The zero-order chi connectivity index (χ0) is 17.9. The lowest BCUT2D eigenvalue weighted by Crippen LogP contribution is -2.55. The standard InChI is InChI=1S/C20H21Cl2N3O/c21-15-1-3-16(4-2-15)24-17-11-23-25(19(26)18(17)22)20-8-12-5-13(9-20)7-14(6-12)10-20/h1-4,11-14,24H,5-10H2. The number of rotatable bonds is 3. The average Bonchev–Trinajstić information content (AvgIpc) is 2.59. The summed E-state index contributed by atoms with van der Waals surface area (Å²) < 4.78 is 1.72. The largest absolute Gasteiger partial charge is 0.353 e. The number of benzene rings is 1. The van der Waals surface area contributed by atoms with Gasteiger partial charge in [-0.05, 0) is 80.5 Å². The van der Waals surface area contributed by atoms with E-state index < -0.39 is 0 Å². The van der Waals surface area contributed by atoms with Crippen LogP contribution in [0.4, 0.5) is 11.4 Å². The minimum absolute atomic E-state index is 0.117. The summed E-state index contributed by atoms with van der Waals surface area (Å²) in [7, 11) is 0. The summed E-state index contributed by atoms with van der Waals surface area (Å²) in [6.45, 7) is 0. The maximum absolute atomic E-state index is 13.1. The highest BCUT2D eigenvalue weighted by atomic mass is 35.5. The van der Waals surface area contributed by atoms with Crippen molar-refractivity contribution in [2.24, 2.45) is 17.8 Å². The first-order valence-corrected chi connectivity index (χ1v) is 10.1. The predicted molar refractivity (Wildman–Crippen MR) is 104 cm³/mol. The van der Waals surface area contributed by atoms with Gasteiger partial charge in [-0.25, -0.2) is 4.68 Å². The van der Waals surface area contributed by atoms with Gasteiger partial charge in [0, 0.05) is 10.7 Å². The molecular formula is C20H21Cl2N3O. The predicted octanol–water partition coefficient (Wildman–Crippen LogP) is 5.22. The van der Waals surface area contributed by atoms with Gasteiger partial charge in [0.25, 0.3) is 5.56 Å². The van der Waals surface area contributed by atoms with Gasteiger partial charge < -0.3 is 5.32 Å². The number of hydrogen-bond acceptors (Lipinski definition) is 3. The van der Waals surface area contributed by atoms with Crippen LogP contribution < -0.4 is 10.9 Å². The molecule has 0 atom stereocenters. The van der Waals surface area contributed by atoms with E-state index in [4.69, 9.17) is 23.2 Å². The number of aromatic nitrogens is 2. The Hall–Kier alpha value is -1.52. The van der Waals surface area contributed by atoms with E-state index in [0.717, 1.165) is 42.7 Å². The molecule has 0 unspecified atom stereocenters. The second-order valence-electron chi connectivity index (χ2n) is 8.36. The van der Waals surface area contributed by atoms with Gasteiger partial charge in [0.05, 0.1) is 17.4 Å². The quantitative estimate of drug-likeness (QED) is 0.782. The molecule has 136 valence electrons. The van der Waals surface area contributed by atoms with E-state index in [9.17, 15) is 4.79 Å². The summed E-state index contributed by atoms with van der Waals surface area (Å²) in [6.07, 6.45) is 8.91. The molecule has 4 fully saturated rings. The van der Waals surface area contributed by atoms with Crippen LogP contribution in [0, 0.1) is 17.8 Å². The van der Waals surface area contributed by atoms with Crippen molar-refractivity contribution in [2.75, 3.05) is 5.32 Å². The molecule has 4 aliphatic rings. The normalized spacial score (nSPS) is 32.0. The maximum Gasteiger partial charge on any atom is 0.288 e. The van der Waals surface area contributed by atoms with Crippen molar-refractivity contribution in [3.63, 3.8) is 0 Å². The Morgan fingerprint density at radius 3 is 2.15 bits per heavy atom. The fraction of sp³-hybridized carbons (Fsp3) is 0.500. The molecule has 1 aromatic carbocycles. The van der Waals surface area contributed by atoms with E-state index in [1.54, 1.807) is 23.0 Å². The Morgan fingerprint density at radius 1 is 1.00 bits per heavy atom. The molecule has 4 nitrogen and oxygen atoms in total. The van der Waals surface area contributed by atoms with Crippen LogP contribution in [0.25, 0.3) is 0 Å². The zero-order valence-electron chi connectivity index (χ0n) is 14.4. The Bertz CT molecular complexity index is 871. The summed E-state index contributed by atoms with van der Waals surface area (Å²) in [4.78, 5) is 13.1. The molecule has 0 radical (unpaired) electrons. The van der Waals surface area contributed by atoms with Crippen molar-refractivity contribution in [3.8, 4) is 0 Å². The van der Waals surface area contributed by atoms with Crippen molar-refractivity contribution in [2.45, 2.75) is 44.1 Å². The molecular weight excluding hydrogens is 369 g/mol. The van der Waals surface area contributed by atoms with Crippen LogP contribution in [0.5, 0.6) is 0 Å².